The van der Waals surface area contributed by atoms with Gasteiger partial charge in [-0.2, -0.15) is 0 Å². The summed E-state index contributed by atoms with van der Waals surface area (Å²) in [6, 6.07) is 0. The quantitative estimate of drug-likeness (QED) is 0.767. The zero-order valence-corrected chi connectivity index (χ0v) is 11.7. The Bertz CT molecular complexity index is 313. The molecule has 0 atom stereocenters. The van der Waals surface area contributed by atoms with E-state index >= 15 is 0 Å². The molecule has 2 N–H and O–H groups in total. The Morgan fingerprint density at radius 3 is 2.28 bits per heavy atom. The van der Waals surface area contributed by atoms with E-state index in [1.807, 2.05) is 0 Å². The molecule has 0 bridgehead atoms. The van der Waals surface area contributed by atoms with Gasteiger partial charge in [-0.05, 0) is 37.5 Å². The van der Waals surface area contributed by atoms with Crippen LogP contribution >= 0.6 is 0 Å². The Labute approximate surface area is 109 Å². The minimum atomic E-state index is -0.829. The summed E-state index contributed by atoms with van der Waals surface area (Å²) in [6.45, 7) is 6.47. The average molecular weight is 255 g/mol. The van der Waals surface area contributed by atoms with E-state index < -0.39 is 11.5 Å². The van der Waals surface area contributed by atoms with Crippen LogP contribution in [0.15, 0.2) is 0 Å². The third kappa shape index (κ3) is 5.07. The third-order valence-electron chi connectivity index (χ3n) is 3.54. The van der Waals surface area contributed by atoms with Gasteiger partial charge in [0.25, 0.3) is 0 Å². The number of hydrogen-bond donors (Lipinski definition) is 2. The number of rotatable bonds is 6. The molecule has 0 aromatic rings. The Morgan fingerprint density at radius 1 is 1.28 bits per heavy atom. The summed E-state index contributed by atoms with van der Waals surface area (Å²) in [7, 11) is 0. The molecule has 1 fully saturated rings. The highest BCUT2D eigenvalue weighted by atomic mass is 16.4. The summed E-state index contributed by atoms with van der Waals surface area (Å²) in [5, 5.41) is 11.8. The number of carboxylic acids is 1. The van der Waals surface area contributed by atoms with Gasteiger partial charge >= 0.3 is 5.97 Å². The Hall–Kier alpha value is -1.06. The normalized spacial score (nSPS) is 17.9. The van der Waals surface area contributed by atoms with Crippen molar-refractivity contribution in [2.45, 2.75) is 71.3 Å². The molecule has 1 rings (SSSR count). The summed E-state index contributed by atoms with van der Waals surface area (Å²) < 4.78 is 0. The van der Waals surface area contributed by atoms with Crippen LogP contribution in [0.25, 0.3) is 0 Å². The smallest absolute Gasteiger partial charge is 0.305 e. The van der Waals surface area contributed by atoms with Crippen molar-refractivity contribution in [1.82, 2.24) is 5.32 Å². The molecule has 0 aliphatic heterocycles. The van der Waals surface area contributed by atoms with Crippen molar-refractivity contribution in [3.05, 3.63) is 0 Å². The molecule has 18 heavy (non-hydrogen) atoms. The predicted molar refractivity (Wildman–Crippen MR) is 70.3 cm³/mol. The van der Waals surface area contributed by atoms with Gasteiger partial charge in [0.2, 0.25) is 5.91 Å². The highest BCUT2D eigenvalue weighted by Gasteiger charge is 2.40. The lowest BCUT2D eigenvalue weighted by molar-refractivity contribution is -0.140. The first-order valence-corrected chi connectivity index (χ1v) is 6.75. The van der Waals surface area contributed by atoms with Gasteiger partial charge in [-0.3, -0.25) is 9.59 Å². The third-order valence-corrected chi connectivity index (χ3v) is 3.54. The van der Waals surface area contributed by atoms with Crippen LogP contribution < -0.4 is 5.32 Å². The van der Waals surface area contributed by atoms with E-state index in [2.05, 4.69) is 26.1 Å². The van der Waals surface area contributed by atoms with Crippen LogP contribution in [0.4, 0.5) is 0 Å². The van der Waals surface area contributed by atoms with Crippen molar-refractivity contribution in [3.8, 4) is 0 Å². The summed E-state index contributed by atoms with van der Waals surface area (Å²) in [5.41, 5.74) is -0.208. The number of carbonyl (C=O) groups is 2. The largest absolute Gasteiger partial charge is 0.481 e. The van der Waals surface area contributed by atoms with E-state index in [0.717, 1.165) is 32.1 Å². The minimum absolute atomic E-state index is 0.000185. The summed E-state index contributed by atoms with van der Waals surface area (Å²) >= 11 is 0. The standard InChI is InChI=1S/C14H25NO3/c1-13(2,3)7-4-6-11(16)15-14(8-5-9-14)10-12(17)18/h4-10H2,1-3H3,(H,15,16)(H,17,18). The zero-order chi connectivity index (χ0) is 13.8. The van der Waals surface area contributed by atoms with E-state index in [0.29, 0.717) is 6.42 Å². The molecule has 4 heteroatoms. The zero-order valence-electron chi connectivity index (χ0n) is 11.7. The van der Waals surface area contributed by atoms with Crippen LogP contribution in [0.2, 0.25) is 0 Å². The molecule has 1 saturated carbocycles. The summed E-state index contributed by atoms with van der Waals surface area (Å²) in [4.78, 5) is 22.6. The van der Waals surface area contributed by atoms with Crippen molar-refractivity contribution in [3.63, 3.8) is 0 Å². The lowest BCUT2D eigenvalue weighted by Gasteiger charge is -2.41. The SMILES string of the molecule is CC(C)(C)CCCC(=O)NC1(CC(=O)O)CCC1. The summed E-state index contributed by atoms with van der Waals surface area (Å²) in [6.07, 6.45) is 5.02. The fourth-order valence-electron chi connectivity index (χ4n) is 2.38. The van der Waals surface area contributed by atoms with E-state index in [9.17, 15) is 9.59 Å². The second-order valence-electron chi connectivity index (χ2n) is 6.67. The number of aliphatic carboxylic acids is 1. The van der Waals surface area contributed by atoms with Crippen molar-refractivity contribution in [2.75, 3.05) is 0 Å². The van der Waals surface area contributed by atoms with Gasteiger partial charge in [0.05, 0.1) is 12.0 Å². The molecule has 0 spiro atoms. The van der Waals surface area contributed by atoms with Gasteiger partial charge < -0.3 is 10.4 Å². The fourth-order valence-corrected chi connectivity index (χ4v) is 2.38. The first-order valence-electron chi connectivity index (χ1n) is 6.75. The molecule has 1 aliphatic carbocycles. The highest BCUT2D eigenvalue weighted by Crippen LogP contribution is 2.35. The van der Waals surface area contributed by atoms with Crippen molar-refractivity contribution < 1.29 is 14.7 Å². The van der Waals surface area contributed by atoms with Crippen LogP contribution in [0.3, 0.4) is 0 Å². The Kier molecular flexibility index (Phi) is 4.77. The van der Waals surface area contributed by atoms with Crippen LogP contribution in [-0.2, 0) is 9.59 Å². The molecule has 1 aliphatic rings. The maximum atomic E-state index is 11.8. The van der Waals surface area contributed by atoms with Crippen molar-refractivity contribution >= 4 is 11.9 Å². The predicted octanol–water partition coefficient (Wildman–Crippen LogP) is 2.72. The fraction of sp³-hybridized carbons (Fsp3) is 0.857. The minimum Gasteiger partial charge on any atom is -0.481 e. The highest BCUT2D eigenvalue weighted by molar-refractivity contribution is 5.78. The van der Waals surface area contributed by atoms with E-state index in [1.165, 1.54) is 0 Å². The second kappa shape index (κ2) is 5.72. The van der Waals surface area contributed by atoms with Crippen LogP contribution in [0, 0.1) is 5.41 Å². The number of hydrogen-bond acceptors (Lipinski definition) is 2. The van der Waals surface area contributed by atoms with Gasteiger partial charge in [0.15, 0.2) is 0 Å². The van der Waals surface area contributed by atoms with E-state index in [1.54, 1.807) is 0 Å². The van der Waals surface area contributed by atoms with Gasteiger partial charge in [0.1, 0.15) is 0 Å². The molecule has 0 aromatic heterocycles. The van der Waals surface area contributed by atoms with Crippen molar-refractivity contribution in [2.24, 2.45) is 5.41 Å². The lowest BCUT2D eigenvalue weighted by Crippen LogP contribution is -2.54. The van der Waals surface area contributed by atoms with Gasteiger partial charge in [0, 0.05) is 6.42 Å². The number of nitrogens with one attached hydrogen (secondary N) is 1. The Balaban J connectivity index is 2.32. The molecule has 4 nitrogen and oxygen atoms in total. The molecule has 0 heterocycles. The van der Waals surface area contributed by atoms with Crippen molar-refractivity contribution in [1.29, 1.82) is 0 Å². The van der Waals surface area contributed by atoms with Crippen LogP contribution in [0.1, 0.15) is 65.7 Å². The maximum absolute atomic E-state index is 11.8. The van der Waals surface area contributed by atoms with E-state index in [4.69, 9.17) is 5.11 Å². The molecule has 0 aromatic carbocycles. The van der Waals surface area contributed by atoms with Gasteiger partial charge in [-0.1, -0.05) is 20.8 Å². The maximum Gasteiger partial charge on any atom is 0.305 e. The number of carboxylic acid groups (broad SMARTS) is 1. The summed E-state index contributed by atoms with van der Waals surface area (Å²) in [5.74, 6) is -0.829. The molecular formula is C14H25NO3. The molecule has 0 unspecified atom stereocenters. The van der Waals surface area contributed by atoms with Crippen LogP contribution in [0.5, 0.6) is 0 Å². The first kappa shape index (κ1) is 15.0. The second-order valence-corrected chi connectivity index (χ2v) is 6.67. The molecule has 1 amide bonds. The van der Waals surface area contributed by atoms with Gasteiger partial charge in [-0.25, -0.2) is 0 Å². The monoisotopic (exact) mass is 255 g/mol. The number of amides is 1. The lowest BCUT2D eigenvalue weighted by atomic mass is 9.74. The molecule has 0 saturated heterocycles. The average Bonchev–Trinajstić information content (AvgIpc) is 2.11. The molecule has 104 valence electrons. The van der Waals surface area contributed by atoms with Crippen LogP contribution in [-0.4, -0.2) is 22.5 Å². The molecular weight excluding hydrogens is 230 g/mol. The Morgan fingerprint density at radius 2 is 1.89 bits per heavy atom. The molecule has 0 radical (unpaired) electrons. The topological polar surface area (TPSA) is 66.4 Å². The van der Waals surface area contributed by atoms with Gasteiger partial charge in [-0.15, -0.1) is 0 Å². The first-order chi connectivity index (χ1) is 8.22. The number of carbonyl (C=O) groups excluding carboxylic acids is 1. The van der Waals surface area contributed by atoms with E-state index in [-0.39, 0.29) is 17.7 Å².